The van der Waals surface area contributed by atoms with Crippen molar-refractivity contribution in [1.82, 2.24) is 0 Å². The second-order valence-electron chi connectivity index (χ2n) is 4.76. The van der Waals surface area contributed by atoms with Crippen molar-refractivity contribution in [3.05, 3.63) is 58.6 Å². The first-order chi connectivity index (χ1) is 9.47. The van der Waals surface area contributed by atoms with E-state index in [-0.39, 0.29) is 11.9 Å². The number of carbonyl (C=O) groups excluding carboxylic acids is 1. The highest BCUT2D eigenvalue weighted by Crippen LogP contribution is 2.22. The van der Waals surface area contributed by atoms with Crippen molar-refractivity contribution in [1.29, 1.82) is 0 Å². The van der Waals surface area contributed by atoms with Crippen LogP contribution in [-0.2, 0) is 0 Å². The topological polar surface area (TPSA) is 52.3 Å². The van der Waals surface area contributed by atoms with E-state index in [2.05, 4.69) is 0 Å². The van der Waals surface area contributed by atoms with Gasteiger partial charge in [-0.15, -0.1) is 0 Å². The summed E-state index contributed by atoms with van der Waals surface area (Å²) in [5, 5.41) is 0.447. The van der Waals surface area contributed by atoms with Gasteiger partial charge in [0.15, 0.2) is 5.78 Å². The zero-order valence-electron chi connectivity index (χ0n) is 11.4. The first-order valence-electron chi connectivity index (χ1n) is 6.34. The monoisotopic (exact) mass is 289 g/mol. The number of nitrogens with two attached hydrogens (primary N) is 1. The van der Waals surface area contributed by atoms with Gasteiger partial charge in [0.2, 0.25) is 0 Å². The molecule has 0 aliphatic rings. The van der Waals surface area contributed by atoms with Gasteiger partial charge in [0.05, 0.1) is 16.8 Å². The van der Waals surface area contributed by atoms with Crippen molar-refractivity contribution in [3.8, 4) is 5.75 Å². The zero-order chi connectivity index (χ0) is 14.7. The predicted molar refractivity (Wildman–Crippen MR) is 81.5 cm³/mol. The van der Waals surface area contributed by atoms with Crippen LogP contribution >= 0.6 is 11.6 Å². The number of anilines is 1. The SMILES string of the molecule is CC(C)Oc1ccc(C(=O)c2ccc(Cl)c(N)c2)cc1. The van der Waals surface area contributed by atoms with Crippen LogP contribution in [0.1, 0.15) is 29.8 Å². The number of hydrogen-bond donors (Lipinski definition) is 1. The van der Waals surface area contributed by atoms with Crippen molar-refractivity contribution in [2.45, 2.75) is 20.0 Å². The summed E-state index contributed by atoms with van der Waals surface area (Å²) in [6, 6.07) is 11.9. The molecule has 20 heavy (non-hydrogen) atoms. The highest BCUT2D eigenvalue weighted by molar-refractivity contribution is 6.33. The Morgan fingerprint density at radius 3 is 2.25 bits per heavy atom. The third kappa shape index (κ3) is 3.31. The minimum atomic E-state index is -0.0931. The van der Waals surface area contributed by atoms with Gasteiger partial charge < -0.3 is 10.5 Å². The van der Waals surface area contributed by atoms with Gasteiger partial charge in [-0.1, -0.05) is 11.6 Å². The Morgan fingerprint density at radius 2 is 1.70 bits per heavy atom. The third-order valence-electron chi connectivity index (χ3n) is 2.75. The smallest absolute Gasteiger partial charge is 0.193 e. The van der Waals surface area contributed by atoms with Crippen molar-refractivity contribution in [2.24, 2.45) is 0 Å². The molecule has 0 amide bonds. The summed E-state index contributed by atoms with van der Waals surface area (Å²) in [7, 11) is 0. The van der Waals surface area contributed by atoms with Crippen LogP contribution in [0.25, 0.3) is 0 Å². The van der Waals surface area contributed by atoms with Gasteiger partial charge in [0.25, 0.3) is 0 Å². The molecular weight excluding hydrogens is 274 g/mol. The molecule has 0 heterocycles. The van der Waals surface area contributed by atoms with E-state index in [1.165, 1.54) is 0 Å². The van der Waals surface area contributed by atoms with Crippen LogP contribution in [0.4, 0.5) is 5.69 Å². The van der Waals surface area contributed by atoms with Gasteiger partial charge in [0.1, 0.15) is 5.75 Å². The van der Waals surface area contributed by atoms with Gasteiger partial charge in [-0.2, -0.15) is 0 Å². The van der Waals surface area contributed by atoms with Crippen LogP contribution in [-0.4, -0.2) is 11.9 Å². The molecule has 2 aromatic rings. The maximum atomic E-state index is 12.3. The normalized spacial score (nSPS) is 10.6. The first-order valence-corrected chi connectivity index (χ1v) is 6.71. The van der Waals surface area contributed by atoms with E-state index >= 15 is 0 Å². The van der Waals surface area contributed by atoms with Crippen LogP contribution in [0.5, 0.6) is 5.75 Å². The van der Waals surface area contributed by atoms with E-state index in [4.69, 9.17) is 22.1 Å². The van der Waals surface area contributed by atoms with E-state index in [9.17, 15) is 4.79 Å². The average molecular weight is 290 g/mol. The molecule has 0 aliphatic carbocycles. The molecular formula is C16H16ClNO2. The fraction of sp³-hybridized carbons (Fsp3) is 0.188. The highest BCUT2D eigenvalue weighted by atomic mass is 35.5. The molecule has 0 radical (unpaired) electrons. The van der Waals surface area contributed by atoms with Crippen LogP contribution in [0, 0.1) is 0 Å². The molecule has 0 saturated carbocycles. The van der Waals surface area contributed by atoms with Crippen LogP contribution in [0.2, 0.25) is 5.02 Å². The summed E-state index contributed by atoms with van der Waals surface area (Å²) in [6.45, 7) is 3.91. The van der Waals surface area contributed by atoms with E-state index in [1.807, 2.05) is 13.8 Å². The van der Waals surface area contributed by atoms with Crippen molar-refractivity contribution < 1.29 is 9.53 Å². The predicted octanol–water partition coefficient (Wildman–Crippen LogP) is 3.94. The number of carbonyl (C=O) groups is 1. The largest absolute Gasteiger partial charge is 0.491 e. The Labute approximate surface area is 123 Å². The number of nitrogen functional groups attached to an aromatic ring is 1. The quantitative estimate of drug-likeness (QED) is 0.685. The van der Waals surface area contributed by atoms with Crippen molar-refractivity contribution in [2.75, 3.05) is 5.73 Å². The van der Waals surface area contributed by atoms with Gasteiger partial charge in [-0.25, -0.2) is 0 Å². The maximum Gasteiger partial charge on any atom is 0.193 e. The molecule has 2 aromatic carbocycles. The molecule has 0 bridgehead atoms. The zero-order valence-corrected chi connectivity index (χ0v) is 12.1. The molecule has 0 unspecified atom stereocenters. The molecule has 3 nitrogen and oxygen atoms in total. The highest BCUT2D eigenvalue weighted by Gasteiger charge is 2.10. The molecule has 4 heteroatoms. The molecule has 2 rings (SSSR count). The Morgan fingerprint density at radius 1 is 1.10 bits per heavy atom. The molecule has 0 aliphatic heterocycles. The lowest BCUT2D eigenvalue weighted by molar-refractivity contribution is 0.103. The number of ketones is 1. The average Bonchev–Trinajstić information content (AvgIpc) is 2.41. The van der Waals surface area contributed by atoms with Gasteiger partial charge in [-0.3, -0.25) is 4.79 Å². The summed E-state index contributed by atoms with van der Waals surface area (Å²) in [4.78, 5) is 12.3. The second kappa shape index (κ2) is 5.97. The Bertz CT molecular complexity index is 621. The number of hydrogen-bond acceptors (Lipinski definition) is 3. The minimum absolute atomic E-state index is 0.0931. The summed E-state index contributed by atoms with van der Waals surface area (Å²) in [5.74, 6) is 0.650. The van der Waals surface area contributed by atoms with Crippen LogP contribution < -0.4 is 10.5 Å². The molecule has 2 N–H and O–H groups in total. The van der Waals surface area contributed by atoms with E-state index < -0.39 is 0 Å². The van der Waals surface area contributed by atoms with Crippen LogP contribution in [0.3, 0.4) is 0 Å². The Balaban J connectivity index is 2.22. The third-order valence-corrected chi connectivity index (χ3v) is 3.09. The summed E-state index contributed by atoms with van der Waals surface area (Å²) >= 11 is 5.85. The van der Waals surface area contributed by atoms with Crippen LogP contribution in [0.15, 0.2) is 42.5 Å². The molecule has 0 spiro atoms. The Kier molecular flexibility index (Phi) is 4.30. The summed E-state index contributed by atoms with van der Waals surface area (Å²) in [6.07, 6.45) is 0.104. The van der Waals surface area contributed by atoms with Crippen molar-refractivity contribution in [3.63, 3.8) is 0 Å². The molecule has 0 atom stereocenters. The molecule has 0 fully saturated rings. The second-order valence-corrected chi connectivity index (χ2v) is 5.16. The fourth-order valence-electron chi connectivity index (χ4n) is 1.81. The van der Waals surface area contributed by atoms with Gasteiger partial charge in [-0.05, 0) is 56.3 Å². The molecule has 0 aromatic heterocycles. The minimum Gasteiger partial charge on any atom is -0.491 e. The first kappa shape index (κ1) is 14.4. The number of ether oxygens (including phenoxy) is 1. The Hall–Kier alpha value is -2.00. The van der Waals surface area contributed by atoms with Gasteiger partial charge >= 0.3 is 0 Å². The number of halogens is 1. The fourth-order valence-corrected chi connectivity index (χ4v) is 1.93. The van der Waals surface area contributed by atoms with E-state index in [0.29, 0.717) is 21.8 Å². The van der Waals surface area contributed by atoms with E-state index in [1.54, 1.807) is 42.5 Å². The summed E-state index contributed by atoms with van der Waals surface area (Å²) < 4.78 is 5.54. The van der Waals surface area contributed by atoms with Gasteiger partial charge in [0, 0.05) is 11.1 Å². The summed E-state index contributed by atoms with van der Waals surface area (Å²) in [5.41, 5.74) is 7.22. The number of rotatable bonds is 4. The lowest BCUT2D eigenvalue weighted by Crippen LogP contribution is -2.06. The van der Waals surface area contributed by atoms with Crippen molar-refractivity contribution >= 4 is 23.1 Å². The standard InChI is InChI=1S/C16H16ClNO2/c1-10(2)20-13-6-3-11(4-7-13)16(19)12-5-8-14(17)15(18)9-12/h3-10H,18H2,1-2H3. The maximum absolute atomic E-state index is 12.3. The lowest BCUT2D eigenvalue weighted by Gasteiger charge is -2.10. The molecule has 0 saturated heterocycles. The molecule has 104 valence electrons. The van der Waals surface area contributed by atoms with E-state index in [0.717, 1.165) is 5.75 Å². The number of benzene rings is 2. The lowest BCUT2D eigenvalue weighted by atomic mass is 10.0.